The Morgan fingerprint density at radius 1 is 1.05 bits per heavy atom. The molecule has 2 aromatic rings. The van der Waals surface area contributed by atoms with E-state index in [2.05, 4.69) is 4.98 Å². The predicted octanol–water partition coefficient (Wildman–Crippen LogP) is 3.89. The molecule has 0 radical (unpaired) electrons. The van der Waals surface area contributed by atoms with Gasteiger partial charge in [0.25, 0.3) is 0 Å². The lowest BCUT2D eigenvalue weighted by atomic mass is 9.91. The summed E-state index contributed by atoms with van der Waals surface area (Å²) in [6.07, 6.45) is 1.36. The zero-order chi connectivity index (χ0) is 14.9. The Kier molecular flexibility index (Phi) is 3.66. The molecule has 0 aliphatic carbocycles. The molecule has 0 saturated carbocycles. The highest BCUT2D eigenvalue weighted by Crippen LogP contribution is 2.21. The third-order valence-corrected chi connectivity index (χ3v) is 2.98. The van der Waals surface area contributed by atoms with Gasteiger partial charge in [0.15, 0.2) is 5.78 Å². The molecule has 0 N–H and O–H groups in total. The largest absolute Gasteiger partial charge is 0.288 e. The average Bonchev–Trinajstić information content (AvgIpc) is 2.37. The van der Waals surface area contributed by atoms with Crippen molar-refractivity contribution in [2.24, 2.45) is 0 Å². The average molecular weight is 275 g/mol. The topological polar surface area (TPSA) is 30.0 Å². The smallest absolute Gasteiger partial charge is 0.200 e. The standard InChI is InChI=1S/C16H15F2NO/c1-16(2,3)13-8-7-10(9-19-13)15(20)14-11(17)5-4-6-12(14)18/h4-9H,1-3H3. The van der Waals surface area contributed by atoms with E-state index in [4.69, 9.17) is 0 Å². The van der Waals surface area contributed by atoms with Crippen LogP contribution in [-0.2, 0) is 5.41 Å². The number of benzene rings is 1. The van der Waals surface area contributed by atoms with Crippen molar-refractivity contribution in [3.8, 4) is 0 Å². The van der Waals surface area contributed by atoms with Crippen molar-refractivity contribution >= 4 is 5.78 Å². The maximum absolute atomic E-state index is 13.6. The molecule has 4 heteroatoms. The molecule has 0 atom stereocenters. The number of carbonyl (C=O) groups is 1. The first-order valence-corrected chi connectivity index (χ1v) is 6.26. The van der Waals surface area contributed by atoms with Crippen LogP contribution in [0.2, 0.25) is 0 Å². The van der Waals surface area contributed by atoms with Crippen LogP contribution in [0.25, 0.3) is 0 Å². The van der Waals surface area contributed by atoms with Crippen LogP contribution in [0.3, 0.4) is 0 Å². The van der Waals surface area contributed by atoms with E-state index in [1.807, 2.05) is 20.8 Å². The monoisotopic (exact) mass is 275 g/mol. The van der Waals surface area contributed by atoms with Crippen molar-refractivity contribution < 1.29 is 13.6 Å². The van der Waals surface area contributed by atoms with Crippen LogP contribution in [-0.4, -0.2) is 10.8 Å². The molecule has 0 unspecified atom stereocenters. The molecule has 0 amide bonds. The maximum Gasteiger partial charge on any atom is 0.200 e. The Labute approximate surface area is 116 Å². The number of pyridine rings is 1. The van der Waals surface area contributed by atoms with Crippen LogP contribution in [0.15, 0.2) is 36.5 Å². The van der Waals surface area contributed by atoms with Gasteiger partial charge < -0.3 is 0 Å². The van der Waals surface area contributed by atoms with E-state index in [1.165, 1.54) is 12.3 Å². The van der Waals surface area contributed by atoms with E-state index < -0.39 is 23.0 Å². The van der Waals surface area contributed by atoms with Crippen molar-refractivity contribution in [2.45, 2.75) is 26.2 Å². The zero-order valence-electron chi connectivity index (χ0n) is 11.6. The number of ketones is 1. The van der Waals surface area contributed by atoms with Gasteiger partial charge in [0.2, 0.25) is 0 Å². The van der Waals surface area contributed by atoms with Gasteiger partial charge in [-0.1, -0.05) is 26.8 Å². The molecule has 0 aliphatic heterocycles. The molecule has 0 bridgehead atoms. The third kappa shape index (κ3) is 2.74. The van der Waals surface area contributed by atoms with E-state index >= 15 is 0 Å². The summed E-state index contributed by atoms with van der Waals surface area (Å²) >= 11 is 0. The van der Waals surface area contributed by atoms with E-state index in [0.29, 0.717) is 0 Å². The van der Waals surface area contributed by atoms with Crippen molar-refractivity contribution in [1.82, 2.24) is 4.98 Å². The van der Waals surface area contributed by atoms with Crippen LogP contribution in [0.1, 0.15) is 42.4 Å². The summed E-state index contributed by atoms with van der Waals surface area (Å²) in [7, 11) is 0. The first-order valence-electron chi connectivity index (χ1n) is 6.26. The number of halogens is 2. The fraction of sp³-hybridized carbons (Fsp3) is 0.250. The van der Waals surface area contributed by atoms with Gasteiger partial charge in [0.05, 0.1) is 5.56 Å². The summed E-state index contributed by atoms with van der Waals surface area (Å²) < 4.78 is 27.1. The minimum absolute atomic E-state index is 0.148. The molecule has 2 rings (SSSR count). The Morgan fingerprint density at radius 3 is 2.10 bits per heavy atom. The minimum atomic E-state index is -0.866. The highest BCUT2D eigenvalue weighted by molar-refractivity contribution is 6.09. The number of nitrogens with zero attached hydrogens (tertiary/aromatic N) is 1. The summed E-state index contributed by atoms with van der Waals surface area (Å²) in [6.45, 7) is 5.98. The summed E-state index contributed by atoms with van der Waals surface area (Å²) in [5.41, 5.74) is 0.285. The third-order valence-electron chi connectivity index (χ3n) is 2.98. The van der Waals surface area contributed by atoms with Crippen LogP contribution in [0, 0.1) is 11.6 Å². The molecule has 104 valence electrons. The Hall–Kier alpha value is -2.10. The Bertz CT molecular complexity index is 622. The summed E-state index contributed by atoms with van der Waals surface area (Å²) in [6, 6.07) is 6.59. The summed E-state index contributed by atoms with van der Waals surface area (Å²) in [4.78, 5) is 16.3. The summed E-state index contributed by atoms with van der Waals surface area (Å²) in [5, 5.41) is 0. The molecule has 2 nitrogen and oxygen atoms in total. The minimum Gasteiger partial charge on any atom is -0.288 e. The van der Waals surface area contributed by atoms with Crippen LogP contribution >= 0.6 is 0 Å². The predicted molar refractivity (Wildman–Crippen MR) is 72.7 cm³/mol. The lowest BCUT2D eigenvalue weighted by molar-refractivity contribution is 0.103. The molecule has 1 heterocycles. The number of rotatable bonds is 2. The molecule has 1 aromatic heterocycles. The normalized spacial score (nSPS) is 11.4. The Morgan fingerprint density at radius 2 is 1.65 bits per heavy atom. The van der Waals surface area contributed by atoms with Gasteiger partial charge in [-0.3, -0.25) is 9.78 Å². The van der Waals surface area contributed by atoms with E-state index in [1.54, 1.807) is 12.1 Å². The second-order valence-electron chi connectivity index (χ2n) is 5.61. The molecule has 0 fully saturated rings. The number of carbonyl (C=O) groups excluding carboxylic acids is 1. The van der Waals surface area contributed by atoms with Crippen LogP contribution < -0.4 is 0 Å². The van der Waals surface area contributed by atoms with Crippen molar-refractivity contribution in [1.29, 1.82) is 0 Å². The van der Waals surface area contributed by atoms with Gasteiger partial charge >= 0.3 is 0 Å². The first-order chi connectivity index (χ1) is 9.30. The molecule has 20 heavy (non-hydrogen) atoms. The van der Waals surface area contributed by atoms with Crippen molar-refractivity contribution in [2.75, 3.05) is 0 Å². The van der Waals surface area contributed by atoms with E-state index in [-0.39, 0.29) is 11.0 Å². The molecule has 0 aliphatic rings. The fourth-order valence-electron chi connectivity index (χ4n) is 1.83. The fourth-order valence-corrected chi connectivity index (χ4v) is 1.83. The van der Waals surface area contributed by atoms with Gasteiger partial charge in [-0.15, -0.1) is 0 Å². The number of hydrogen-bond acceptors (Lipinski definition) is 2. The number of aromatic nitrogens is 1. The number of hydrogen-bond donors (Lipinski definition) is 0. The molecule has 1 aromatic carbocycles. The van der Waals surface area contributed by atoms with E-state index in [0.717, 1.165) is 17.8 Å². The van der Waals surface area contributed by atoms with Gasteiger partial charge in [-0.2, -0.15) is 0 Å². The second kappa shape index (κ2) is 5.12. The summed E-state index contributed by atoms with van der Waals surface area (Å²) in [5.74, 6) is -2.43. The van der Waals surface area contributed by atoms with Gasteiger partial charge in [0.1, 0.15) is 11.6 Å². The van der Waals surface area contributed by atoms with Crippen LogP contribution in [0.4, 0.5) is 8.78 Å². The van der Waals surface area contributed by atoms with Crippen LogP contribution in [0.5, 0.6) is 0 Å². The Balaban J connectivity index is 2.40. The van der Waals surface area contributed by atoms with Gasteiger partial charge in [0, 0.05) is 22.9 Å². The molecular weight excluding hydrogens is 260 g/mol. The molecule has 0 spiro atoms. The highest BCUT2D eigenvalue weighted by atomic mass is 19.1. The zero-order valence-corrected chi connectivity index (χ0v) is 11.6. The molecular formula is C16H15F2NO. The second-order valence-corrected chi connectivity index (χ2v) is 5.61. The first kappa shape index (κ1) is 14.3. The SMILES string of the molecule is CC(C)(C)c1ccc(C(=O)c2c(F)cccc2F)cn1. The highest BCUT2D eigenvalue weighted by Gasteiger charge is 2.20. The van der Waals surface area contributed by atoms with Crippen molar-refractivity contribution in [3.05, 3.63) is 65.0 Å². The lowest BCUT2D eigenvalue weighted by Crippen LogP contribution is -2.14. The van der Waals surface area contributed by atoms with Gasteiger partial charge in [-0.05, 0) is 24.3 Å². The quantitative estimate of drug-likeness (QED) is 0.778. The van der Waals surface area contributed by atoms with Crippen molar-refractivity contribution in [3.63, 3.8) is 0 Å². The maximum atomic E-state index is 13.6. The van der Waals surface area contributed by atoms with Gasteiger partial charge in [-0.25, -0.2) is 8.78 Å². The lowest BCUT2D eigenvalue weighted by Gasteiger charge is -2.17. The van der Waals surface area contributed by atoms with E-state index in [9.17, 15) is 13.6 Å². The molecule has 0 saturated heterocycles.